The molecule has 1 aliphatic heterocycles. The fraction of sp³-hybridized carbons (Fsp3) is 0.318. The van der Waals surface area contributed by atoms with E-state index in [1.54, 1.807) is 11.3 Å². The van der Waals surface area contributed by atoms with Crippen LogP contribution in [0.15, 0.2) is 48.7 Å². The van der Waals surface area contributed by atoms with Crippen LogP contribution in [0.25, 0.3) is 11.4 Å². The minimum absolute atomic E-state index is 0.153. The van der Waals surface area contributed by atoms with Crippen molar-refractivity contribution in [1.29, 1.82) is 0 Å². The lowest BCUT2D eigenvalue weighted by atomic mass is 10.2. The summed E-state index contributed by atoms with van der Waals surface area (Å²) in [7, 11) is 0. The number of nitrogens with zero attached hydrogens (tertiary/aromatic N) is 4. The molecule has 0 radical (unpaired) electrons. The van der Waals surface area contributed by atoms with E-state index in [1.807, 2.05) is 47.5 Å². The summed E-state index contributed by atoms with van der Waals surface area (Å²) in [6.07, 6.45) is 2.78. The fourth-order valence-electron chi connectivity index (χ4n) is 3.52. The van der Waals surface area contributed by atoms with Crippen molar-refractivity contribution in [3.05, 3.63) is 64.0 Å². The van der Waals surface area contributed by atoms with E-state index < -0.39 is 0 Å². The van der Waals surface area contributed by atoms with Crippen molar-refractivity contribution < 1.29 is 4.79 Å². The Morgan fingerprint density at radius 3 is 2.54 bits per heavy atom. The van der Waals surface area contributed by atoms with Crippen molar-refractivity contribution >= 4 is 23.1 Å². The first-order valence-electron chi connectivity index (χ1n) is 9.67. The molecule has 6 heteroatoms. The average molecular weight is 393 g/mol. The molecule has 4 rings (SSSR count). The first-order valence-corrected chi connectivity index (χ1v) is 10.5. The molecule has 1 aliphatic rings. The molecular weight excluding hydrogens is 368 g/mol. The van der Waals surface area contributed by atoms with Crippen LogP contribution in [0.2, 0.25) is 0 Å². The van der Waals surface area contributed by atoms with Crippen LogP contribution < -0.4 is 4.90 Å². The van der Waals surface area contributed by atoms with E-state index in [4.69, 9.17) is 4.98 Å². The van der Waals surface area contributed by atoms with Crippen LogP contribution in [-0.2, 0) is 6.42 Å². The largest absolute Gasteiger partial charge is 0.353 e. The van der Waals surface area contributed by atoms with E-state index in [1.165, 1.54) is 10.4 Å². The van der Waals surface area contributed by atoms with Crippen molar-refractivity contribution in [3.8, 4) is 11.4 Å². The first-order chi connectivity index (χ1) is 13.7. The van der Waals surface area contributed by atoms with Gasteiger partial charge in [-0.3, -0.25) is 4.79 Å². The highest BCUT2D eigenvalue weighted by molar-refractivity contribution is 7.14. The predicted octanol–water partition coefficient (Wildman–Crippen LogP) is 4.04. The third-order valence-corrected chi connectivity index (χ3v) is 6.26. The number of thiophene rings is 1. The topological polar surface area (TPSA) is 49.3 Å². The van der Waals surface area contributed by atoms with Crippen molar-refractivity contribution in [2.24, 2.45) is 0 Å². The predicted molar refractivity (Wildman–Crippen MR) is 114 cm³/mol. The van der Waals surface area contributed by atoms with Crippen LogP contribution >= 0.6 is 11.3 Å². The zero-order chi connectivity index (χ0) is 19.5. The number of amides is 1. The number of aromatic nitrogens is 2. The van der Waals surface area contributed by atoms with Gasteiger partial charge >= 0.3 is 0 Å². The number of anilines is 1. The summed E-state index contributed by atoms with van der Waals surface area (Å²) in [5.74, 6) is 1.80. The van der Waals surface area contributed by atoms with Crippen LogP contribution in [0.4, 0.5) is 5.82 Å². The summed E-state index contributed by atoms with van der Waals surface area (Å²) in [5, 5.41) is 0. The number of hydrogen-bond acceptors (Lipinski definition) is 5. The van der Waals surface area contributed by atoms with E-state index in [9.17, 15) is 4.79 Å². The fourth-order valence-corrected chi connectivity index (χ4v) is 4.60. The summed E-state index contributed by atoms with van der Waals surface area (Å²) < 4.78 is 0. The minimum atomic E-state index is 0.153. The molecule has 0 spiro atoms. The maximum absolute atomic E-state index is 12.9. The van der Waals surface area contributed by atoms with Gasteiger partial charge in [-0.1, -0.05) is 37.3 Å². The van der Waals surface area contributed by atoms with Crippen molar-refractivity contribution in [1.82, 2.24) is 14.9 Å². The lowest BCUT2D eigenvalue weighted by Gasteiger charge is -2.35. The molecule has 0 saturated carbocycles. The quantitative estimate of drug-likeness (QED) is 0.672. The Bertz CT molecular complexity index is 962. The molecule has 0 unspecified atom stereocenters. The summed E-state index contributed by atoms with van der Waals surface area (Å²) in [4.78, 5) is 28.3. The molecule has 1 saturated heterocycles. The van der Waals surface area contributed by atoms with Crippen LogP contribution in [0.5, 0.6) is 0 Å². The Balaban J connectivity index is 1.43. The number of carbonyl (C=O) groups excluding carboxylic acids is 1. The molecule has 1 aromatic carbocycles. The summed E-state index contributed by atoms with van der Waals surface area (Å²) in [6.45, 7) is 7.21. The Kier molecular flexibility index (Phi) is 5.39. The van der Waals surface area contributed by atoms with Gasteiger partial charge in [-0.05, 0) is 31.0 Å². The van der Waals surface area contributed by atoms with Gasteiger partial charge in [-0.25, -0.2) is 9.97 Å². The number of benzene rings is 1. The Labute approximate surface area is 169 Å². The summed E-state index contributed by atoms with van der Waals surface area (Å²) in [6, 6.07) is 14.0. The van der Waals surface area contributed by atoms with E-state index in [0.717, 1.165) is 41.6 Å². The Morgan fingerprint density at radius 2 is 1.86 bits per heavy atom. The third kappa shape index (κ3) is 3.78. The molecule has 1 amide bonds. The number of aryl methyl sites for hydroxylation is 2. The zero-order valence-electron chi connectivity index (χ0n) is 16.3. The Hall–Kier alpha value is -2.73. The lowest BCUT2D eigenvalue weighted by Crippen LogP contribution is -2.48. The first kappa shape index (κ1) is 18.6. The molecule has 5 nitrogen and oxygen atoms in total. The molecule has 2 aromatic heterocycles. The van der Waals surface area contributed by atoms with Crippen LogP contribution in [0, 0.1) is 6.92 Å². The molecule has 0 N–H and O–H groups in total. The number of hydrogen-bond donors (Lipinski definition) is 0. The second-order valence-corrected chi connectivity index (χ2v) is 8.19. The second kappa shape index (κ2) is 8.10. The molecule has 144 valence electrons. The molecule has 28 heavy (non-hydrogen) atoms. The van der Waals surface area contributed by atoms with Gasteiger partial charge in [0.15, 0.2) is 5.82 Å². The molecule has 3 heterocycles. The normalized spacial score (nSPS) is 14.4. The number of carbonyl (C=O) groups is 1. The standard InChI is InChI=1S/C22H24N4OS/c1-3-17-15-19(28-16(17)2)22(27)26-13-11-25(12-14-26)20-9-10-23-21(24-20)18-7-5-4-6-8-18/h4-10,15H,3,11-14H2,1-2H3. The van der Waals surface area contributed by atoms with Gasteiger partial charge in [0.05, 0.1) is 4.88 Å². The van der Waals surface area contributed by atoms with Gasteiger partial charge in [0.2, 0.25) is 0 Å². The zero-order valence-corrected chi connectivity index (χ0v) is 17.1. The number of piperazine rings is 1. The van der Waals surface area contributed by atoms with Crippen LogP contribution in [0.1, 0.15) is 27.0 Å². The maximum Gasteiger partial charge on any atom is 0.264 e. The van der Waals surface area contributed by atoms with E-state index in [-0.39, 0.29) is 5.91 Å². The van der Waals surface area contributed by atoms with Gasteiger partial charge in [0, 0.05) is 42.8 Å². The lowest BCUT2D eigenvalue weighted by molar-refractivity contribution is 0.0751. The average Bonchev–Trinajstić information content (AvgIpc) is 3.15. The van der Waals surface area contributed by atoms with E-state index in [2.05, 4.69) is 29.8 Å². The highest BCUT2D eigenvalue weighted by Gasteiger charge is 2.24. The molecule has 0 aliphatic carbocycles. The number of rotatable bonds is 4. The van der Waals surface area contributed by atoms with E-state index >= 15 is 0 Å². The SMILES string of the molecule is CCc1cc(C(=O)N2CCN(c3ccnc(-c4ccccc4)n3)CC2)sc1C. The van der Waals surface area contributed by atoms with Crippen LogP contribution in [0.3, 0.4) is 0 Å². The smallest absolute Gasteiger partial charge is 0.264 e. The Morgan fingerprint density at radius 1 is 1.11 bits per heavy atom. The van der Waals surface area contributed by atoms with Crippen LogP contribution in [-0.4, -0.2) is 47.0 Å². The van der Waals surface area contributed by atoms with Gasteiger partial charge < -0.3 is 9.80 Å². The molecule has 3 aromatic rings. The van der Waals surface area contributed by atoms with Gasteiger partial charge in [-0.15, -0.1) is 11.3 Å². The minimum Gasteiger partial charge on any atom is -0.353 e. The molecule has 0 bridgehead atoms. The van der Waals surface area contributed by atoms with Crippen molar-refractivity contribution in [3.63, 3.8) is 0 Å². The second-order valence-electron chi connectivity index (χ2n) is 6.93. The highest BCUT2D eigenvalue weighted by Crippen LogP contribution is 2.25. The van der Waals surface area contributed by atoms with E-state index in [0.29, 0.717) is 13.1 Å². The molecular formula is C22H24N4OS. The highest BCUT2D eigenvalue weighted by atomic mass is 32.1. The van der Waals surface area contributed by atoms with Gasteiger partial charge in [0.25, 0.3) is 5.91 Å². The summed E-state index contributed by atoms with van der Waals surface area (Å²) >= 11 is 1.61. The third-order valence-electron chi connectivity index (χ3n) is 5.18. The van der Waals surface area contributed by atoms with Gasteiger partial charge in [-0.2, -0.15) is 0 Å². The maximum atomic E-state index is 12.9. The monoisotopic (exact) mass is 392 g/mol. The molecule has 0 atom stereocenters. The van der Waals surface area contributed by atoms with Gasteiger partial charge in [0.1, 0.15) is 5.82 Å². The molecule has 1 fully saturated rings. The van der Waals surface area contributed by atoms with Crippen molar-refractivity contribution in [2.45, 2.75) is 20.3 Å². The summed E-state index contributed by atoms with van der Waals surface area (Å²) in [5.41, 5.74) is 2.29. The van der Waals surface area contributed by atoms with Crippen molar-refractivity contribution in [2.75, 3.05) is 31.1 Å².